The van der Waals surface area contributed by atoms with Crippen molar-refractivity contribution >= 4 is 35.4 Å². The van der Waals surface area contributed by atoms with Gasteiger partial charge in [-0.3, -0.25) is 14.6 Å². The lowest BCUT2D eigenvalue weighted by Gasteiger charge is -2.04. The fourth-order valence-corrected chi connectivity index (χ4v) is 2.29. The Hall–Kier alpha value is -2.25. The Morgan fingerprint density at radius 2 is 2.09 bits per heavy atom. The predicted octanol–water partition coefficient (Wildman–Crippen LogP) is 2.17. The zero-order valence-electron chi connectivity index (χ0n) is 11.6. The summed E-state index contributed by atoms with van der Waals surface area (Å²) >= 11 is 10.9. The zero-order chi connectivity index (χ0) is 16.1. The summed E-state index contributed by atoms with van der Waals surface area (Å²) in [5.41, 5.74) is 3.79. The van der Waals surface area contributed by atoms with Crippen LogP contribution in [0.1, 0.15) is 18.2 Å². The number of rotatable bonds is 4. The second-order valence-electron chi connectivity index (χ2n) is 4.50. The van der Waals surface area contributed by atoms with E-state index in [1.807, 2.05) is 12.1 Å². The van der Waals surface area contributed by atoms with Gasteiger partial charge >= 0.3 is 0 Å². The highest BCUT2D eigenvalue weighted by Crippen LogP contribution is 2.15. The van der Waals surface area contributed by atoms with E-state index < -0.39 is 0 Å². The van der Waals surface area contributed by atoms with Gasteiger partial charge in [0.25, 0.3) is 5.56 Å². The molecular formula is C14H13ClN4O2S. The Labute approximate surface area is 136 Å². The van der Waals surface area contributed by atoms with Gasteiger partial charge in [-0.2, -0.15) is 5.10 Å². The van der Waals surface area contributed by atoms with Crippen molar-refractivity contribution in [2.24, 2.45) is 5.10 Å². The number of hydrogen-bond acceptors (Lipinski definition) is 4. The van der Waals surface area contributed by atoms with Gasteiger partial charge in [-0.05, 0) is 25.2 Å². The first-order chi connectivity index (χ1) is 10.5. The van der Waals surface area contributed by atoms with Crippen LogP contribution in [0, 0.1) is 4.77 Å². The molecule has 0 saturated carbocycles. The molecule has 3 N–H and O–H groups in total. The minimum atomic E-state index is -0.373. The topological polar surface area (TPSA) is 90.1 Å². The number of nitrogens with one attached hydrogen (secondary N) is 3. The van der Waals surface area contributed by atoms with Gasteiger partial charge in [-0.25, -0.2) is 5.43 Å². The van der Waals surface area contributed by atoms with Crippen LogP contribution in [-0.2, 0) is 11.2 Å². The Balaban J connectivity index is 2.06. The van der Waals surface area contributed by atoms with E-state index in [9.17, 15) is 9.59 Å². The van der Waals surface area contributed by atoms with Crippen molar-refractivity contribution in [3.63, 3.8) is 0 Å². The number of nitrogens with zero attached hydrogens (tertiary/aromatic N) is 1. The number of aromatic nitrogens is 2. The summed E-state index contributed by atoms with van der Waals surface area (Å²) in [5.74, 6) is -0.373. The molecule has 1 aromatic carbocycles. The van der Waals surface area contributed by atoms with Crippen LogP contribution in [0.25, 0.3) is 0 Å². The number of hydrazone groups is 1. The quantitative estimate of drug-likeness (QED) is 0.454. The average Bonchev–Trinajstić information content (AvgIpc) is 2.44. The van der Waals surface area contributed by atoms with Crippen molar-refractivity contribution in [1.29, 1.82) is 0 Å². The van der Waals surface area contributed by atoms with Crippen molar-refractivity contribution in [2.45, 2.75) is 13.3 Å². The van der Waals surface area contributed by atoms with E-state index in [1.54, 1.807) is 19.1 Å². The Morgan fingerprint density at radius 3 is 2.77 bits per heavy atom. The first kappa shape index (κ1) is 16.1. The lowest BCUT2D eigenvalue weighted by atomic mass is 10.1. The van der Waals surface area contributed by atoms with Crippen LogP contribution < -0.4 is 11.0 Å². The molecule has 0 aliphatic carbocycles. The summed E-state index contributed by atoms with van der Waals surface area (Å²) in [6.45, 7) is 1.74. The molecule has 2 aromatic rings. The number of H-pyrrole nitrogens is 2. The van der Waals surface area contributed by atoms with E-state index in [-0.39, 0.29) is 22.7 Å². The third kappa shape index (κ3) is 4.37. The van der Waals surface area contributed by atoms with Crippen molar-refractivity contribution in [3.8, 4) is 0 Å². The van der Waals surface area contributed by atoms with Gasteiger partial charge in [-0.1, -0.05) is 29.8 Å². The van der Waals surface area contributed by atoms with Crippen LogP contribution in [0.3, 0.4) is 0 Å². The zero-order valence-corrected chi connectivity index (χ0v) is 13.2. The molecule has 8 heteroatoms. The second kappa shape index (κ2) is 7.15. The van der Waals surface area contributed by atoms with Crippen LogP contribution in [0.15, 0.2) is 40.2 Å². The molecule has 6 nitrogen and oxygen atoms in total. The van der Waals surface area contributed by atoms with E-state index in [1.165, 1.54) is 6.07 Å². The van der Waals surface area contributed by atoms with Gasteiger partial charge in [0.05, 0.1) is 12.1 Å². The second-order valence-corrected chi connectivity index (χ2v) is 5.32. The molecule has 0 saturated heterocycles. The van der Waals surface area contributed by atoms with Gasteiger partial charge in [0.15, 0.2) is 4.77 Å². The lowest BCUT2D eigenvalue weighted by Crippen LogP contribution is -2.23. The van der Waals surface area contributed by atoms with Gasteiger partial charge in [0, 0.05) is 22.3 Å². The Bertz CT molecular complexity index is 813. The molecule has 114 valence electrons. The summed E-state index contributed by atoms with van der Waals surface area (Å²) in [6.07, 6.45) is -0.0349. The van der Waals surface area contributed by atoms with E-state index in [4.69, 9.17) is 23.8 Å². The highest BCUT2D eigenvalue weighted by Gasteiger charge is 2.06. The van der Waals surface area contributed by atoms with Gasteiger partial charge in [-0.15, -0.1) is 0 Å². The number of carbonyl (C=O) groups is 1. The van der Waals surface area contributed by atoms with Crippen molar-refractivity contribution in [1.82, 2.24) is 15.4 Å². The molecular weight excluding hydrogens is 324 g/mol. The van der Waals surface area contributed by atoms with E-state index in [0.29, 0.717) is 16.4 Å². The fraction of sp³-hybridized carbons (Fsp3) is 0.143. The summed E-state index contributed by atoms with van der Waals surface area (Å²) in [5, 5.41) is 4.56. The number of hydrogen-bond donors (Lipinski definition) is 3. The molecule has 22 heavy (non-hydrogen) atoms. The van der Waals surface area contributed by atoms with E-state index in [0.717, 1.165) is 5.56 Å². The highest BCUT2D eigenvalue weighted by molar-refractivity contribution is 7.71. The molecule has 0 unspecified atom stereocenters. The molecule has 0 bridgehead atoms. The first-order valence-corrected chi connectivity index (χ1v) is 7.15. The van der Waals surface area contributed by atoms with E-state index >= 15 is 0 Å². The molecule has 0 atom stereocenters. The first-order valence-electron chi connectivity index (χ1n) is 6.36. The maximum Gasteiger partial charge on any atom is 0.251 e. The molecule has 0 spiro atoms. The highest BCUT2D eigenvalue weighted by atomic mass is 35.5. The van der Waals surface area contributed by atoms with Crippen LogP contribution in [0.4, 0.5) is 0 Å². The van der Waals surface area contributed by atoms with Gasteiger partial charge in [0.2, 0.25) is 5.91 Å². The molecule has 0 fully saturated rings. The standard InChI is InChI=1S/C14H13ClN4O2S/c1-8(10-4-2-3-5-11(10)15)18-19-13(21)7-9-6-12(20)17-14(22)16-9/h2-6H,7H2,1H3,(H,19,21)(H2,16,17,20,22)/b18-8-. The molecule has 0 radical (unpaired) electrons. The maximum atomic E-state index is 11.8. The average molecular weight is 337 g/mol. The number of aromatic amines is 2. The molecule has 2 rings (SSSR count). The minimum absolute atomic E-state index is 0.0349. The monoisotopic (exact) mass is 336 g/mol. The van der Waals surface area contributed by atoms with Gasteiger partial charge in [0.1, 0.15) is 0 Å². The Morgan fingerprint density at radius 1 is 1.36 bits per heavy atom. The minimum Gasteiger partial charge on any atom is -0.335 e. The number of amides is 1. The van der Waals surface area contributed by atoms with E-state index in [2.05, 4.69) is 20.5 Å². The largest absolute Gasteiger partial charge is 0.335 e. The SMILES string of the molecule is C/C(=N/NC(=O)Cc1cc(=O)[nH]c(=S)[nH]1)c1ccccc1Cl. The van der Waals surface area contributed by atoms with Crippen LogP contribution in [-0.4, -0.2) is 21.6 Å². The number of carbonyl (C=O) groups excluding carboxylic acids is 1. The van der Waals surface area contributed by atoms with Crippen molar-refractivity contribution in [3.05, 3.63) is 61.7 Å². The van der Waals surface area contributed by atoms with Crippen molar-refractivity contribution < 1.29 is 4.79 Å². The van der Waals surface area contributed by atoms with Crippen LogP contribution >= 0.6 is 23.8 Å². The number of benzene rings is 1. The molecule has 0 aliphatic heterocycles. The van der Waals surface area contributed by atoms with Crippen LogP contribution in [0.2, 0.25) is 5.02 Å². The van der Waals surface area contributed by atoms with Gasteiger partial charge < -0.3 is 4.98 Å². The Kier molecular flexibility index (Phi) is 5.24. The molecule has 1 aromatic heterocycles. The summed E-state index contributed by atoms with van der Waals surface area (Å²) in [4.78, 5) is 28.2. The predicted molar refractivity (Wildman–Crippen MR) is 87.8 cm³/mol. The number of halogens is 1. The smallest absolute Gasteiger partial charge is 0.251 e. The third-order valence-corrected chi connectivity index (χ3v) is 3.31. The molecule has 0 aliphatic rings. The summed E-state index contributed by atoms with van der Waals surface area (Å²) in [6, 6.07) is 8.47. The van der Waals surface area contributed by atoms with Crippen LogP contribution in [0.5, 0.6) is 0 Å². The molecule has 1 amide bonds. The molecule has 1 heterocycles. The summed E-state index contributed by atoms with van der Waals surface area (Å²) in [7, 11) is 0. The maximum absolute atomic E-state index is 11.8. The lowest BCUT2D eigenvalue weighted by molar-refractivity contribution is -0.120. The fourth-order valence-electron chi connectivity index (χ4n) is 1.79. The normalized spacial score (nSPS) is 11.3. The third-order valence-electron chi connectivity index (χ3n) is 2.78. The van der Waals surface area contributed by atoms with Crippen molar-refractivity contribution in [2.75, 3.05) is 0 Å². The summed E-state index contributed by atoms with van der Waals surface area (Å²) < 4.78 is 0.172.